The van der Waals surface area contributed by atoms with Gasteiger partial charge in [-0.15, -0.1) is 0 Å². The van der Waals surface area contributed by atoms with Crippen molar-refractivity contribution in [3.05, 3.63) is 113 Å². The van der Waals surface area contributed by atoms with Crippen LogP contribution < -0.4 is 4.90 Å². The summed E-state index contributed by atoms with van der Waals surface area (Å²) >= 11 is 0. The molecule has 0 aliphatic heterocycles. The summed E-state index contributed by atoms with van der Waals surface area (Å²) in [6.07, 6.45) is 8.83. The molecule has 0 N–H and O–H groups in total. The molecule has 0 aliphatic carbocycles. The molecule has 0 heterocycles. The maximum Gasteiger partial charge on any atom is 0.0366 e. The lowest BCUT2D eigenvalue weighted by atomic mass is 9.98. The molecule has 0 aliphatic rings. The van der Waals surface area contributed by atoms with Gasteiger partial charge in [0.15, 0.2) is 0 Å². The quantitative estimate of drug-likeness (QED) is 0.273. The van der Waals surface area contributed by atoms with Crippen LogP contribution in [0, 0.1) is 6.92 Å². The zero-order chi connectivity index (χ0) is 22.3. The molecule has 0 saturated heterocycles. The molecule has 0 atom stereocenters. The highest BCUT2D eigenvalue weighted by atomic mass is 15.1. The molecule has 0 spiro atoms. The fourth-order valence-corrected chi connectivity index (χ4v) is 4.07. The van der Waals surface area contributed by atoms with Crippen molar-refractivity contribution in [3.8, 4) is 0 Å². The molecule has 4 aromatic rings. The van der Waals surface area contributed by atoms with Gasteiger partial charge in [0.25, 0.3) is 0 Å². The van der Waals surface area contributed by atoms with Gasteiger partial charge in [-0.3, -0.25) is 0 Å². The first kappa shape index (κ1) is 21.6. The summed E-state index contributed by atoms with van der Waals surface area (Å²) in [6.45, 7) is 8.57. The molecule has 32 heavy (non-hydrogen) atoms. The van der Waals surface area contributed by atoms with Crippen LogP contribution in [-0.4, -0.2) is 13.1 Å². The van der Waals surface area contributed by atoms with Gasteiger partial charge in [-0.05, 0) is 65.9 Å². The van der Waals surface area contributed by atoms with Crippen LogP contribution in [0.4, 0.5) is 5.69 Å². The third kappa shape index (κ3) is 5.00. The van der Waals surface area contributed by atoms with Crippen LogP contribution in [-0.2, 0) is 0 Å². The van der Waals surface area contributed by atoms with Crippen molar-refractivity contribution in [2.45, 2.75) is 20.8 Å². The number of nitrogens with zero attached hydrogens (tertiary/aromatic N) is 1. The van der Waals surface area contributed by atoms with E-state index in [-0.39, 0.29) is 0 Å². The average molecular weight is 418 g/mol. The smallest absolute Gasteiger partial charge is 0.0366 e. The Hall–Kier alpha value is -3.58. The summed E-state index contributed by atoms with van der Waals surface area (Å²) in [7, 11) is 0. The van der Waals surface area contributed by atoms with Crippen LogP contribution >= 0.6 is 0 Å². The van der Waals surface area contributed by atoms with Crippen molar-refractivity contribution < 1.29 is 0 Å². The van der Waals surface area contributed by atoms with Crippen molar-refractivity contribution in [2.75, 3.05) is 18.0 Å². The van der Waals surface area contributed by atoms with Crippen LogP contribution in [0.2, 0.25) is 0 Å². The molecule has 1 heteroatoms. The maximum atomic E-state index is 2.36. The van der Waals surface area contributed by atoms with Gasteiger partial charge in [-0.1, -0.05) is 103 Å². The SMILES string of the molecule is CCN(CC)c1ccc(C=Cc2ccc(C=Cc3ccc(C)cc3)c3ccccc23)cc1. The van der Waals surface area contributed by atoms with Gasteiger partial charge in [0.2, 0.25) is 0 Å². The highest BCUT2D eigenvalue weighted by Crippen LogP contribution is 2.26. The van der Waals surface area contributed by atoms with Crippen LogP contribution in [0.5, 0.6) is 0 Å². The lowest BCUT2D eigenvalue weighted by molar-refractivity contribution is 0.866. The highest BCUT2D eigenvalue weighted by molar-refractivity contribution is 5.99. The monoisotopic (exact) mass is 417 g/mol. The van der Waals surface area contributed by atoms with E-state index < -0.39 is 0 Å². The summed E-state index contributed by atoms with van der Waals surface area (Å²) < 4.78 is 0. The Morgan fingerprint density at radius 3 is 1.50 bits per heavy atom. The van der Waals surface area contributed by atoms with E-state index in [9.17, 15) is 0 Å². The molecule has 160 valence electrons. The van der Waals surface area contributed by atoms with Crippen LogP contribution in [0.1, 0.15) is 41.7 Å². The number of fused-ring (bicyclic) bond motifs is 1. The van der Waals surface area contributed by atoms with E-state index in [2.05, 4.69) is 135 Å². The van der Waals surface area contributed by atoms with E-state index in [1.54, 1.807) is 0 Å². The lowest BCUT2D eigenvalue weighted by Gasteiger charge is -2.20. The minimum Gasteiger partial charge on any atom is -0.372 e. The minimum atomic E-state index is 1.03. The van der Waals surface area contributed by atoms with E-state index in [1.807, 2.05) is 0 Å². The largest absolute Gasteiger partial charge is 0.372 e. The van der Waals surface area contributed by atoms with Gasteiger partial charge < -0.3 is 4.90 Å². The molecule has 0 fully saturated rings. The van der Waals surface area contributed by atoms with Crippen LogP contribution in [0.3, 0.4) is 0 Å². The summed E-state index contributed by atoms with van der Waals surface area (Å²) in [5.74, 6) is 0. The first-order chi connectivity index (χ1) is 15.7. The summed E-state index contributed by atoms with van der Waals surface area (Å²) in [4.78, 5) is 2.36. The van der Waals surface area contributed by atoms with E-state index in [1.165, 1.54) is 44.3 Å². The van der Waals surface area contributed by atoms with E-state index in [0.717, 1.165) is 13.1 Å². The molecule has 0 radical (unpaired) electrons. The predicted octanol–water partition coefficient (Wildman–Crippen LogP) is 8.34. The Labute approximate surface area is 192 Å². The average Bonchev–Trinajstić information content (AvgIpc) is 2.84. The Morgan fingerprint density at radius 1 is 0.562 bits per heavy atom. The third-order valence-electron chi connectivity index (χ3n) is 6.00. The molecule has 4 aromatic carbocycles. The second-order valence-electron chi connectivity index (χ2n) is 8.13. The van der Waals surface area contributed by atoms with E-state index in [4.69, 9.17) is 0 Å². The zero-order valence-electron chi connectivity index (χ0n) is 19.3. The van der Waals surface area contributed by atoms with Crippen LogP contribution in [0.15, 0.2) is 84.9 Å². The van der Waals surface area contributed by atoms with Gasteiger partial charge in [0, 0.05) is 18.8 Å². The van der Waals surface area contributed by atoms with Gasteiger partial charge >= 0.3 is 0 Å². The first-order valence-corrected chi connectivity index (χ1v) is 11.5. The number of aryl methyl sites for hydroxylation is 1. The van der Waals surface area contributed by atoms with Crippen molar-refractivity contribution in [2.24, 2.45) is 0 Å². The molecular weight excluding hydrogens is 386 g/mol. The molecular formula is C31H31N. The molecule has 0 saturated carbocycles. The number of anilines is 1. The normalized spacial score (nSPS) is 11.6. The maximum absolute atomic E-state index is 2.36. The van der Waals surface area contributed by atoms with E-state index in [0.29, 0.717) is 0 Å². The van der Waals surface area contributed by atoms with Crippen LogP contribution in [0.25, 0.3) is 35.1 Å². The molecule has 1 nitrogen and oxygen atoms in total. The third-order valence-corrected chi connectivity index (χ3v) is 6.00. The second kappa shape index (κ2) is 10.2. The number of rotatable bonds is 7. The van der Waals surface area contributed by atoms with Crippen molar-refractivity contribution in [1.29, 1.82) is 0 Å². The molecule has 0 aromatic heterocycles. The molecule has 0 unspecified atom stereocenters. The predicted molar refractivity (Wildman–Crippen MR) is 143 cm³/mol. The Kier molecular flexibility index (Phi) is 6.87. The Morgan fingerprint density at radius 2 is 1.03 bits per heavy atom. The van der Waals surface area contributed by atoms with Gasteiger partial charge in [0.05, 0.1) is 0 Å². The topological polar surface area (TPSA) is 3.24 Å². The van der Waals surface area contributed by atoms with Gasteiger partial charge in [0.1, 0.15) is 0 Å². The van der Waals surface area contributed by atoms with E-state index >= 15 is 0 Å². The summed E-state index contributed by atoms with van der Waals surface area (Å²) in [5, 5.41) is 2.55. The van der Waals surface area contributed by atoms with Crippen molar-refractivity contribution >= 4 is 40.8 Å². The first-order valence-electron chi connectivity index (χ1n) is 11.5. The number of hydrogen-bond donors (Lipinski definition) is 0. The second-order valence-corrected chi connectivity index (χ2v) is 8.13. The molecule has 0 bridgehead atoms. The summed E-state index contributed by atoms with van der Waals surface area (Å²) in [5.41, 5.74) is 7.47. The fourth-order valence-electron chi connectivity index (χ4n) is 4.07. The van der Waals surface area contributed by atoms with Gasteiger partial charge in [-0.2, -0.15) is 0 Å². The minimum absolute atomic E-state index is 1.03. The van der Waals surface area contributed by atoms with Crippen molar-refractivity contribution in [1.82, 2.24) is 0 Å². The molecule has 0 amide bonds. The number of benzene rings is 4. The number of hydrogen-bond acceptors (Lipinski definition) is 1. The summed E-state index contributed by atoms with van der Waals surface area (Å²) in [6, 6.07) is 30.5. The highest BCUT2D eigenvalue weighted by Gasteiger charge is 2.03. The van der Waals surface area contributed by atoms with Crippen molar-refractivity contribution in [3.63, 3.8) is 0 Å². The van der Waals surface area contributed by atoms with Gasteiger partial charge in [-0.25, -0.2) is 0 Å². The fraction of sp³-hybridized carbons (Fsp3) is 0.161. The standard InChI is InChI=1S/C31H31N/c1-4-32(5-2)29-22-16-26(17-23-29)15-19-28-21-20-27(30-8-6-7-9-31(28)30)18-14-25-12-10-24(3)11-13-25/h6-23H,4-5H2,1-3H3. The molecule has 4 rings (SSSR count). The Balaban J connectivity index is 1.60. The Bertz CT molecular complexity index is 1220. The zero-order valence-corrected chi connectivity index (χ0v) is 19.3. The lowest BCUT2D eigenvalue weighted by Crippen LogP contribution is -2.21.